The number of allylic oxidation sites excluding steroid dienone is 1. The largest absolute Gasteiger partial charge is 0.493 e. The molecule has 0 unspecified atom stereocenters. The fourth-order valence-corrected chi connectivity index (χ4v) is 2.44. The third-order valence-corrected chi connectivity index (χ3v) is 3.47. The van der Waals surface area contributed by atoms with Gasteiger partial charge in [-0.25, -0.2) is 0 Å². The summed E-state index contributed by atoms with van der Waals surface area (Å²) in [4.78, 5) is 4.03. The summed E-state index contributed by atoms with van der Waals surface area (Å²) in [6.07, 6.45) is 6.24. The van der Waals surface area contributed by atoms with Crippen LogP contribution in [0.25, 0.3) is 0 Å². The highest BCUT2D eigenvalue weighted by Crippen LogP contribution is 2.33. The number of aromatic nitrogens is 1. The summed E-state index contributed by atoms with van der Waals surface area (Å²) in [5, 5.41) is 3.44. The standard InChI is InChI=1S/C19H24N2O2.ClH/c1-4-6-17-11-16(12-18(22-3)19(17)23-5-2)14-21-13-15-7-9-20-10-8-15;/h4,7-12,21H,1,5-6,13-14H2,2-3H3;1H. The molecule has 0 fully saturated rings. The summed E-state index contributed by atoms with van der Waals surface area (Å²) in [5.74, 6) is 1.58. The van der Waals surface area contributed by atoms with Gasteiger partial charge in [0.05, 0.1) is 13.7 Å². The normalized spacial score (nSPS) is 9.92. The van der Waals surface area contributed by atoms with Crippen LogP contribution in [0.5, 0.6) is 11.5 Å². The first kappa shape index (κ1) is 20.0. The van der Waals surface area contributed by atoms with E-state index in [1.54, 1.807) is 19.5 Å². The van der Waals surface area contributed by atoms with Crippen molar-refractivity contribution in [3.05, 3.63) is 66.0 Å². The molecule has 0 aliphatic rings. The molecule has 4 nitrogen and oxygen atoms in total. The minimum absolute atomic E-state index is 0. The van der Waals surface area contributed by atoms with Crippen LogP contribution in [-0.2, 0) is 19.5 Å². The number of methoxy groups -OCH3 is 1. The van der Waals surface area contributed by atoms with Gasteiger partial charge >= 0.3 is 0 Å². The molecule has 0 saturated carbocycles. The van der Waals surface area contributed by atoms with Crippen molar-refractivity contribution < 1.29 is 9.47 Å². The number of pyridine rings is 1. The monoisotopic (exact) mass is 348 g/mol. The van der Waals surface area contributed by atoms with E-state index in [0.717, 1.165) is 42.1 Å². The quantitative estimate of drug-likeness (QED) is 0.697. The van der Waals surface area contributed by atoms with Gasteiger partial charge in [0.15, 0.2) is 11.5 Å². The van der Waals surface area contributed by atoms with Crippen molar-refractivity contribution in [3.63, 3.8) is 0 Å². The molecule has 1 heterocycles. The SMILES string of the molecule is C=CCc1cc(CNCc2ccncc2)cc(OC)c1OCC.Cl. The maximum atomic E-state index is 5.74. The highest BCUT2D eigenvalue weighted by atomic mass is 35.5. The third-order valence-electron chi connectivity index (χ3n) is 3.47. The number of nitrogens with zero attached hydrogens (tertiary/aromatic N) is 1. The van der Waals surface area contributed by atoms with Crippen LogP contribution in [0.1, 0.15) is 23.6 Å². The van der Waals surface area contributed by atoms with Crippen molar-refractivity contribution in [3.8, 4) is 11.5 Å². The van der Waals surface area contributed by atoms with Crippen LogP contribution in [0, 0.1) is 0 Å². The summed E-state index contributed by atoms with van der Waals surface area (Å²) < 4.78 is 11.2. The molecule has 0 amide bonds. The summed E-state index contributed by atoms with van der Waals surface area (Å²) in [5.41, 5.74) is 3.47. The van der Waals surface area contributed by atoms with Crippen molar-refractivity contribution >= 4 is 12.4 Å². The van der Waals surface area contributed by atoms with Gasteiger partial charge in [-0.1, -0.05) is 12.1 Å². The predicted octanol–water partition coefficient (Wildman–Crippen LogP) is 3.93. The second-order valence-corrected chi connectivity index (χ2v) is 5.17. The molecule has 5 heteroatoms. The molecule has 130 valence electrons. The van der Waals surface area contributed by atoms with Crippen molar-refractivity contribution in [2.75, 3.05) is 13.7 Å². The van der Waals surface area contributed by atoms with Crippen LogP contribution in [0.4, 0.5) is 0 Å². The van der Waals surface area contributed by atoms with Gasteiger partial charge in [0.1, 0.15) is 0 Å². The number of nitrogens with one attached hydrogen (secondary N) is 1. The molecule has 0 bridgehead atoms. The minimum Gasteiger partial charge on any atom is -0.493 e. The lowest BCUT2D eigenvalue weighted by Gasteiger charge is -2.16. The van der Waals surface area contributed by atoms with E-state index in [1.807, 2.05) is 31.2 Å². The maximum absolute atomic E-state index is 5.74. The van der Waals surface area contributed by atoms with E-state index in [-0.39, 0.29) is 12.4 Å². The Morgan fingerprint density at radius 2 is 1.88 bits per heavy atom. The van der Waals surface area contributed by atoms with Gasteiger partial charge in [0.2, 0.25) is 0 Å². The lowest BCUT2D eigenvalue weighted by molar-refractivity contribution is 0.308. The lowest BCUT2D eigenvalue weighted by Crippen LogP contribution is -2.13. The highest BCUT2D eigenvalue weighted by Gasteiger charge is 2.12. The number of hydrogen-bond acceptors (Lipinski definition) is 4. The first-order chi connectivity index (χ1) is 11.3. The Bertz CT molecular complexity index is 633. The van der Waals surface area contributed by atoms with Crippen LogP contribution in [0.3, 0.4) is 0 Å². The zero-order chi connectivity index (χ0) is 16.5. The average molecular weight is 349 g/mol. The molecule has 1 N–H and O–H groups in total. The van der Waals surface area contributed by atoms with Crippen molar-refractivity contribution in [2.45, 2.75) is 26.4 Å². The van der Waals surface area contributed by atoms with Gasteiger partial charge in [-0.3, -0.25) is 4.98 Å². The molecule has 0 aliphatic heterocycles. The van der Waals surface area contributed by atoms with E-state index in [2.05, 4.69) is 22.9 Å². The summed E-state index contributed by atoms with van der Waals surface area (Å²) in [6.45, 7) is 7.97. The van der Waals surface area contributed by atoms with Crippen molar-refractivity contribution in [2.24, 2.45) is 0 Å². The van der Waals surface area contributed by atoms with Crippen molar-refractivity contribution in [1.82, 2.24) is 10.3 Å². The Labute approximate surface area is 150 Å². The summed E-state index contributed by atoms with van der Waals surface area (Å²) >= 11 is 0. The lowest BCUT2D eigenvalue weighted by atomic mass is 10.1. The molecule has 2 aromatic rings. The molecule has 0 atom stereocenters. The Morgan fingerprint density at radius 1 is 1.17 bits per heavy atom. The van der Waals surface area contributed by atoms with Gasteiger partial charge < -0.3 is 14.8 Å². The number of ether oxygens (including phenoxy) is 2. The van der Waals surface area contributed by atoms with E-state index in [1.165, 1.54) is 5.56 Å². The number of hydrogen-bond donors (Lipinski definition) is 1. The topological polar surface area (TPSA) is 43.4 Å². The van der Waals surface area contributed by atoms with Gasteiger partial charge in [0.25, 0.3) is 0 Å². The van der Waals surface area contributed by atoms with Crippen molar-refractivity contribution in [1.29, 1.82) is 0 Å². The summed E-state index contributed by atoms with van der Waals surface area (Å²) in [7, 11) is 1.67. The molecular weight excluding hydrogens is 324 g/mol. The molecular formula is C19H25ClN2O2. The smallest absolute Gasteiger partial charge is 0.164 e. The fraction of sp³-hybridized carbons (Fsp3) is 0.316. The second kappa shape index (κ2) is 10.7. The molecule has 2 rings (SSSR count). The number of halogens is 1. The second-order valence-electron chi connectivity index (χ2n) is 5.17. The Morgan fingerprint density at radius 3 is 2.50 bits per heavy atom. The van der Waals surface area contributed by atoms with E-state index in [4.69, 9.17) is 9.47 Å². The molecule has 24 heavy (non-hydrogen) atoms. The zero-order valence-corrected chi connectivity index (χ0v) is 15.1. The highest BCUT2D eigenvalue weighted by molar-refractivity contribution is 5.85. The number of benzene rings is 1. The van der Waals surface area contributed by atoms with Crippen LogP contribution in [0.2, 0.25) is 0 Å². The Balaban J connectivity index is 0.00000288. The molecule has 0 radical (unpaired) electrons. The van der Waals surface area contributed by atoms with Gasteiger partial charge in [0, 0.05) is 31.0 Å². The van der Waals surface area contributed by atoms with Gasteiger partial charge in [-0.05, 0) is 42.7 Å². The van der Waals surface area contributed by atoms with Crippen LogP contribution < -0.4 is 14.8 Å². The average Bonchev–Trinajstić information content (AvgIpc) is 2.58. The first-order valence-corrected chi connectivity index (χ1v) is 7.81. The summed E-state index contributed by atoms with van der Waals surface area (Å²) in [6, 6.07) is 8.19. The van der Waals surface area contributed by atoms with Gasteiger partial charge in [-0.15, -0.1) is 19.0 Å². The van der Waals surface area contributed by atoms with Crippen LogP contribution in [-0.4, -0.2) is 18.7 Å². The zero-order valence-electron chi connectivity index (χ0n) is 14.2. The molecule has 0 aliphatic carbocycles. The van der Waals surface area contributed by atoms with Crippen LogP contribution in [0.15, 0.2) is 49.3 Å². The van der Waals surface area contributed by atoms with E-state index in [9.17, 15) is 0 Å². The predicted molar refractivity (Wildman–Crippen MR) is 100 cm³/mol. The van der Waals surface area contributed by atoms with E-state index < -0.39 is 0 Å². The molecule has 1 aromatic carbocycles. The molecule has 1 aromatic heterocycles. The maximum Gasteiger partial charge on any atom is 0.164 e. The minimum atomic E-state index is 0. The fourth-order valence-electron chi connectivity index (χ4n) is 2.44. The number of rotatable bonds is 9. The first-order valence-electron chi connectivity index (χ1n) is 7.81. The molecule has 0 spiro atoms. The Hall–Kier alpha value is -2.04. The van der Waals surface area contributed by atoms with Crippen LogP contribution >= 0.6 is 12.4 Å². The van der Waals surface area contributed by atoms with E-state index in [0.29, 0.717) is 6.61 Å². The molecule has 0 saturated heterocycles. The van der Waals surface area contributed by atoms with Gasteiger partial charge in [-0.2, -0.15) is 0 Å². The van der Waals surface area contributed by atoms with E-state index >= 15 is 0 Å². The Kier molecular flexibility index (Phi) is 8.90. The third kappa shape index (κ3) is 5.55.